The van der Waals surface area contributed by atoms with Crippen LogP contribution in [0, 0.1) is 6.92 Å². The largest absolute Gasteiger partial charge is 0.458 e. The molecule has 0 spiro atoms. The van der Waals surface area contributed by atoms with Crippen LogP contribution in [0.2, 0.25) is 0 Å². The lowest BCUT2D eigenvalue weighted by molar-refractivity contribution is 0.244. The number of aromatic nitrogens is 1. The number of thiophene rings is 1. The highest BCUT2D eigenvalue weighted by Crippen LogP contribution is 2.48. The molecule has 194 valence electrons. The van der Waals surface area contributed by atoms with E-state index in [0.29, 0.717) is 27.6 Å². The molecule has 3 amide bonds. The predicted molar refractivity (Wildman–Crippen MR) is 152 cm³/mol. The van der Waals surface area contributed by atoms with E-state index in [1.165, 1.54) is 0 Å². The molecular weight excluding hydrogens is 498 g/mol. The lowest BCUT2D eigenvalue weighted by atomic mass is 9.90. The lowest BCUT2D eigenvalue weighted by Crippen LogP contribution is -2.49. The van der Waals surface area contributed by atoms with Gasteiger partial charge < -0.3 is 20.7 Å². The summed E-state index contributed by atoms with van der Waals surface area (Å²) in [6, 6.07) is 17.1. The molecule has 3 atom stereocenters. The minimum absolute atomic E-state index is 0.0657. The molecule has 4 aromatic rings. The Kier molecular flexibility index (Phi) is 6.47. The Hall–Kier alpha value is -3.95. The Morgan fingerprint density at radius 3 is 2.55 bits per heavy atom. The van der Waals surface area contributed by atoms with Crippen LogP contribution in [0.25, 0.3) is 10.2 Å². The Bertz CT molecular complexity index is 1530. The summed E-state index contributed by atoms with van der Waals surface area (Å²) in [6.07, 6.45) is 5.94. The number of rotatable bonds is 6. The molecule has 1 fully saturated rings. The molecule has 1 aliphatic carbocycles. The van der Waals surface area contributed by atoms with E-state index in [0.717, 1.165) is 42.4 Å². The number of hydrogen-bond donors (Lipinski definition) is 3. The van der Waals surface area contributed by atoms with Crippen LogP contribution in [0.1, 0.15) is 31.2 Å². The first-order chi connectivity index (χ1) is 18.5. The van der Waals surface area contributed by atoms with Gasteiger partial charge in [-0.25, -0.2) is 14.6 Å². The van der Waals surface area contributed by atoms with Gasteiger partial charge in [-0.1, -0.05) is 43.2 Å². The first kappa shape index (κ1) is 24.4. The maximum absolute atomic E-state index is 13.5. The lowest BCUT2D eigenvalue weighted by Gasteiger charge is -2.30. The van der Waals surface area contributed by atoms with Crippen molar-refractivity contribution >= 4 is 49.0 Å². The number of carbonyl (C=O) groups is 2. The summed E-state index contributed by atoms with van der Waals surface area (Å²) >= 11 is 0. The topological polar surface area (TPSA) is 95.6 Å². The third kappa shape index (κ3) is 4.27. The van der Waals surface area contributed by atoms with Crippen LogP contribution in [0.3, 0.4) is 0 Å². The summed E-state index contributed by atoms with van der Waals surface area (Å²) in [4.78, 5) is 33.9. The standard InChI is InChI=1S/C29H29N5O3S/c1-18-9-3-7-13-24(18)37-25-14-8-6-12-22(25)34-23-15-16-31-27-26(23)21(32-28(34)35)17-38(27)29(36)33-20-11-5-4-10-19(20)30-2/h3,6-9,12-17,19-20,30H,4-5,10-11H2,1-2H3,(H-,32,33,35,36)/p+1. The summed E-state index contributed by atoms with van der Waals surface area (Å²) in [5.74, 6) is 1.28. The number of para-hydroxylation sites is 3. The molecule has 2 aliphatic rings. The number of nitrogens with zero attached hydrogens (tertiary/aromatic N) is 2. The number of nitrogens with one attached hydrogen (secondary N) is 3. The molecule has 2 aromatic heterocycles. The smallest absolute Gasteiger partial charge is 0.455 e. The minimum atomic E-state index is -0.916. The van der Waals surface area contributed by atoms with Crippen molar-refractivity contribution in [2.45, 2.75) is 44.7 Å². The highest BCUT2D eigenvalue weighted by molar-refractivity contribution is 7.54. The Labute approximate surface area is 224 Å². The van der Waals surface area contributed by atoms with Crippen LogP contribution >= 0.6 is 10.5 Å². The van der Waals surface area contributed by atoms with Gasteiger partial charge in [0.2, 0.25) is 0 Å². The first-order valence-electron chi connectivity index (χ1n) is 12.9. The molecule has 6 rings (SSSR count). The Morgan fingerprint density at radius 1 is 1.03 bits per heavy atom. The van der Waals surface area contributed by atoms with E-state index in [1.54, 1.807) is 11.1 Å². The van der Waals surface area contributed by atoms with Crippen molar-refractivity contribution in [3.05, 3.63) is 71.7 Å². The maximum Gasteiger partial charge on any atom is 0.458 e. The van der Waals surface area contributed by atoms with Crippen molar-refractivity contribution < 1.29 is 14.3 Å². The second-order valence-corrected chi connectivity index (χ2v) is 11.4. The summed E-state index contributed by atoms with van der Waals surface area (Å²) in [5.41, 5.74) is 2.92. The highest BCUT2D eigenvalue weighted by Gasteiger charge is 2.38. The van der Waals surface area contributed by atoms with Crippen molar-refractivity contribution in [1.29, 1.82) is 0 Å². The van der Waals surface area contributed by atoms with Gasteiger partial charge in [0.25, 0.3) is 4.83 Å². The quantitative estimate of drug-likeness (QED) is 0.238. The van der Waals surface area contributed by atoms with E-state index in [-0.39, 0.29) is 23.4 Å². The zero-order valence-electron chi connectivity index (χ0n) is 21.4. The summed E-state index contributed by atoms with van der Waals surface area (Å²) < 4.78 is 6.27. The van der Waals surface area contributed by atoms with Crippen molar-refractivity contribution in [1.82, 2.24) is 15.6 Å². The van der Waals surface area contributed by atoms with Gasteiger partial charge in [0, 0.05) is 18.3 Å². The van der Waals surface area contributed by atoms with Crippen LogP contribution in [0.15, 0.2) is 66.2 Å². The van der Waals surface area contributed by atoms with E-state index >= 15 is 0 Å². The predicted octanol–water partition coefficient (Wildman–Crippen LogP) is 6.86. The van der Waals surface area contributed by atoms with Crippen molar-refractivity contribution in [3.8, 4) is 11.5 Å². The van der Waals surface area contributed by atoms with Gasteiger partial charge >= 0.3 is 11.3 Å². The van der Waals surface area contributed by atoms with Gasteiger partial charge in [-0.3, -0.25) is 4.90 Å². The molecule has 3 N–H and O–H groups in total. The Morgan fingerprint density at radius 2 is 1.76 bits per heavy atom. The van der Waals surface area contributed by atoms with E-state index in [1.807, 2.05) is 73.9 Å². The zero-order valence-corrected chi connectivity index (χ0v) is 22.2. The number of carbonyl (C=O) groups excluding carboxylic acids is 2. The number of anilines is 3. The molecule has 1 saturated carbocycles. The number of ether oxygens (including phenoxy) is 1. The van der Waals surface area contributed by atoms with Crippen molar-refractivity contribution in [2.24, 2.45) is 0 Å². The van der Waals surface area contributed by atoms with Gasteiger partial charge in [-0.05, 0) is 56.6 Å². The molecule has 38 heavy (non-hydrogen) atoms. The van der Waals surface area contributed by atoms with Crippen LogP contribution < -0.4 is 25.6 Å². The second-order valence-electron chi connectivity index (χ2n) is 9.70. The number of hydrogen-bond acceptors (Lipinski definition) is 5. The van der Waals surface area contributed by atoms with Crippen LogP contribution in [0.4, 0.5) is 26.7 Å². The van der Waals surface area contributed by atoms with E-state index in [2.05, 4.69) is 20.9 Å². The monoisotopic (exact) mass is 528 g/mol. The summed E-state index contributed by atoms with van der Waals surface area (Å²) in [5, 5.41) is 12.2. The van der Waals surface area contributed by atoms with Gasteiger partial charge in [-0.15, -0.1) is 0 Å². The van der Waals surface area contributed by atoms with E-state index in [4.69, 9.17) is 4.74 Å². The molecule has 8 nitrogen and oxygen atoms in total. The van der Waals surface area contributed by atoms with Gasteiger partial charge in [0.05, 0.1) is 11.4 Å². The van der Waals surface area contributed by atoms with Gasteiger partial charge in [0.15, 0.2) is 11.1 Å². The number of aryl methyl sites for hydroxylation is 1. The average molecular weight is 529 g/mol. The maximum atomic E-state index is 13.5. The fourth-order valence-electron chi connectivity index (χ4n) is 5.41. The van der Waals surface area contributed by atoms with Crippen molar-refractivity contribution in [3.63, 3.8) is 0 Å². The molecule has 3 heterocycles. The summed E-state index contributed by atoms with van der Waals surface area (Å²) in [7, 11) is 1.03. The molecule has 0 bridgehead atoms. The summed E-state index contributed by atoms with van der Waals surface area (Å²) in [6.45, 7) is 1.98. The first-order valence-corrected chi connectivity index (χ1v) is 14.2. The highest BCUT2D eigenvalue weighted by atomic mass is 32.2. The van der Waals surface area contributed by atoms with E-state index < -0.39 is 10.5 Å². The van der Waals surface area contributed by atoms with Crippen molar-refractivity contribution in [2.75, 3.05) is 17.3 Å². The molecule has 1 aliphatic heterocycles. The van der Waals surface area contributed by atoms with Crippen LogP contribution in [-0.2, 0) is 0 Å². The molecule has 9 heteroatoms. The van der Waals surface area contributed by atoms with Crippen LogP contribution in [0.5, 0.6) is 11.5 Å². The third-order valence-electron chi connectivity index (χ3n) is 7.35. The third-order valence-corrected chi connectivity index (χ3v) is 9.07. The molecule has 0 radical (unpaired) electrons. The average Bonchev–Trinajstić information content (AvgIpc) is 3.30. The number of likely N-dealkylation sites (N-methyl/N-ethyl adjacent to an activating group) is 1. The fourth-order valence-corrected chi connectivity index (χ4v) is 7.10. The normalized spacial score (nSPS) is 19.3. The van der Waals surface area contributed by atoms with Gasteiger partial charge in [0.1, 0.15) is 27.3 Å². The molecule has 2 aromatic carbocycles. The number of benzene rings is 2. The fraction of sp³-hybridized carbons (Fsp3) is 0.276. The zero-order chi connectivity index (χ0) is 26.2. The molecule has 0 saturated heterocycles. The number of urea groups is 1. The SMILES string of the molecule is CNC1CCCCC1NC(=O)[s+]1cc2c3c(ccnc31)N(c1ccccc1Oc1ccccc1C)C(=O)N2. The Balaban J connectivity index is 1.38. The van der Waals surface area contributed by atoms with E-state index in [9.17, 15) is 9.59 Å². The minimum Gasteiger partial charge on any atom is -0.455 e. The van der Waals surface area contributed by atoms with Crippen LogP contribution in [-0.4, -0.2) is 35.4 Å². The van der Waals surface area contributed by atoms with Gasteiger partial charge in [-0.2, -0.15) is 0 Å². The number of amides is 3. The molecular formula is C29H30N5O3S+. The molecule has 3 unspecified atom stereocenters. The number of pyridine rings is 1. The second kappa shape index (κ2) is 10.1.